The molecular weight excluding hydrogens is 296 g/mol. The molecule has 8 heteroatoms. The summed E-state index contributed by atoms with van der Waals surface area (Å²) in [5.41, 5.74) is 0. The van der Waals surface area contributed by atoms with Crippen LogP contribution in [0.5, 0.6) is 0 Å². The van der Waals surface area contributed by atoms with Crippen LogP contribution in [0.4, 0.5) is 5.13 Å². The molecule has 2 heterocycles. The van der Waals surface area contributed by atoms with E-state index in [1.807, 2.05) is 0 Å². The summed E-state index contributed by atoms with van der Waals surface area (Å²) in [7, 11) is -3.32. The minimum absolute atomic E-state index is 0.174. The Morgan fingerprint density at radius 3 is 2.70 bits per heavy atom. The first-order valence-corrected chi connectivity index (χ1v) is 9.45. The molecular formula is C12H22N4O2S2. The number of anilines is 1. The van der Waals surface area contributed by atoms with Crippen molar-refractivity contribution >= 4 is 26.5 Å². The molecule has 1 aliphatic heterocycles. The minimum Gasteiger partial charge on any atom is -0.317 e. The third kappa shape index (κ3) is 4.99. The molecule has 0 aromatic carbocycles. The lowest BCUT2D eigenvalue weighted by Crippen LogP contribution is -2.33. The Labute approximate surface area is 124 Å². The molecule has 1 fully saturated rings. The molecule has 1 aromatic heterocycles. The fraction of sp³-hybridized carbons (Fsp3) is 0.833. The summed E-state index contributed by atoms with van der Waals surface area (Å²) >= 11 is 1.33. The van der Waals surface area contributed by atoms with E-state index in [4.69, 9.17) is 0 Å². The largest absolute Gasteiger partial charge is 0.317 e. The first kappa shape index (κ1) is 15.7. The molecule has 0 amide bonds. The van der Waals surface area contributed by atoms with Gasteiger partial charge in [0, 0.05) is 6.42 Å². The number of piperidine rings is 1. The summed E-state index contributed by atoms with van der Waals surface area (Å²) in [5.74, 6) is 0.896. The standard InChI is InChI=1S/C12H22N4O2S2/c1-9(2)7-11-14-15-12(19-11)16-20(17,18)8-10-3-5-13-6-4-10/h9-10,13H,3-8H2,1-2H3,(H,15,16). The summed E-state index contributed by atoms with van der Waals surface area (Å²) in [6.45, 7) is 6.00. The van der Waals surface area contributed by atoms with E-state index in [0.29, 0.717) is 11.0 Å². The van der Waals surface area contributed by atoms with Crippen LogP contribution in [0, 0.1) is 11.8 Å². The van der Waals surface area contributed by atoms with Gasteiger partial charge in [-0.3, -0.25) is 4.72 Å². The molecule has 0 spiro atoms. The molecule has 0 atom stereocenters. The quantitative estimate of drug-likeness (QED) is 0.830. The van der Waals surface area contributed by atoms with Crippen molar-refractivity contribution in [3.8, 4) is 0 Å². The maximum absolute atomic E-state index is 12.1. The van der Waals surface area contributed by atoms with Crippen LogP contribution in [0.2, 0.25) is 0 Å². The van der Waals surface area contributed by atoms with Crippen LogP contribution in [-0.2, 0) is 16.4 Å². The van der Waals surface area contributed by atoms with Crippen molar-refractivity contribution in [2.24, 2.45) is 11.8 Å². The number of rotatable bonds is 6. The van der Waals surface area contributed by atoms with Crippen LogP contribution in [0.3, 0.4) is 0 Å². The molecule has 0 radical (unpaired) electrons. The van der Waals surface area contributed by atoms with Gasteiger partial charge in [-0.2, -0.15) is 0 Å². The second kappa shape index (κ2) is 6.82. The van der Waals surface area contributed by atoms with Crippen molar-refractivity contribution in [3.05, 3.63) is 5.01 Å². The predicted molar refractivity (Wildman–Crippen MR) is 81.5 cm³/mol. The molecule has 0 unspecified atom stereocenters. The van der Waals surface area contributed by atoms with E-state index in [2.05, 4.69) is 34.1 Å². The third-order valence-corrected chi connectivity index (χ3v) is 5.61. The normalized spacial score (nSPS) is 17.6. The Morgan fingerprint density at radius 2 is 2.05 bits per heavy atom. The van der Waals surface area contributed by atoms with E-state index in [9.17, 15) is 8.42 Å². The maximum atomic E-state index is 12.1. The number of nitrogens with zero attached hydrogens (tertiary/aromatic N) is 2. The predicted octanol–water partition coefficient (Wildman–Crippen LogP) is 1.48. The first-order chi connectivity index (χ1) is 9.44. The number of hydrogen-bond donors (Lipinski definition) is 2. The summed E-state index contributed by atoms with van der Waals surface area (Å²) in [5, 5.41) is 12.4. The number of hydrogen-bond acceptors (Lipinski definition) is 6. The minimum atomic E-state index is -3.32. The Kier molecular flexibility index (Phi) is 5.34. The average molecular weight is 318 g/mol. The smallest absolute Gasteiger partial charge is 0.234 e. The van der Waals surface area contributed by atoms with E-state index < -0.39 is 10.0 Å². The monoisotopic (exact) mass is 318 g/mol. The highest BCUT2D eigenvalue weighted by Gasteiger charge is 2.22. The molecule has 1 saturated heterocycles. The second-order valence-corrected chi connectivity index (χ2v) is 8.50. The van der Waals surface area contributed by atoms with Crippen LogP contribution >= 0.6 is 11.3 Å². The Bertz CT molecular complexity index is 521. The zero-order valence-corrected chi connectivity index (χ0v) is 13.6. The highest BCUT2D eigenvalue weighted by Crippen LogP contribution is 2.21. The van der Waals surface area contributed by atoms with Crippen LogP contribution in [0.1, 0.15) is 31.7 Å². The molecule has 2 N–H and O–H groups in total. The fourth-order valence-corrected chi connectivity index (χ4v) is 4.95. The summed E-state index contributed by atoms with van der Waals surface area (Å²) in [6, 6.07) is 0. The summed E-state index contributed by atoms with van der Waals surface area (Å²) < 4.78 is 26.8. The lowest BCUT2D eigenvalue weighted by atomic mass is 10.0. The van der Waals surface area contributed by atoms with Crippen molar-refractivity contribution in [1.29, 1.82) is 0 Å². The zero-order chi connectivity index (χ0) is 14.6. The highest BCUT2D eigenvalue weighted by atomic mass is 32.2. The SMILES string of the molecule is CC(C)Cc1nnc(NS(=O)(=O)CC2CCNCC2)s1. The molecule has 20 heavy (non-hydrogen) atoms. The Hall–Kier alpha value is -0.730. The van der Waals surface area contributed by atoms with E-state index in [-0.39, 0.29) is 11.7 Å². The topological polar surface area (TPSA) is 84.0 Å². The van der Waals surface area contributed by atoms with Crippen molar-refractivity contribution in [1.82, 2.24) is 15.5 Å². The van der Waals surface area contributed by atoms with Gasteiger partial charge in [0.15, 0.2) is 0 Å². The zero-order valence-electron chi connectivity index (χ0n) is 11.9. The number of aromatic nitrogens is 2. The van der Waals surface area contributed by atoms with Crippen LogP contribution < -0.4 is 10.0 Å². The van der Waals surface area contributed by atoms with Gasteiger partial charge in [0.25, 0.3) is 0 Å². The molecule has 0 saturated carbocycles. The molecule has 6 nitrogen and oxygen atoms in total. The van der Waals surface area contributed by atoms with Gasteiger partial charge in [0.1, 0.15) is 5.01 Å². The molecule has 114 valence electrons. The maximum Gasteiger partial charge on any atom is 0.234 e. The van der Waals surface area contributed by atoms with Gasteiger partial charge in [-0.1, -0.05) is 25.2 Å². The summed E-state index contributed by atoms with van der Waals surface area (Å²) in [6.07, 6.45) is 2.65. The van der Waals surface area contributed by atoms with E-state index in [1.165, 1.54) is 11.3 Å². The van der Waals surface area contributed by atoms with Gasteiger partial charge in [-0.05, 0) is 37.8 Å². The molecule has 0 bridgehead atoms. The van der Waals surface area contributed by atoms with E-state index in [0.717, 1.165) is 37.4 Å². The lowest BCUT2D eigenvalue weighted by Gasteiger charge is -2.22. The lowest BCUT2D eigenvalue weighted by molar-refractivity contribution is 0.402. The van der Waals surface area contributed by atoms with Gasteiger partial charge in [0.2, 0.25) is 15.2 Å². The highest BCUT2D eigenvalue weighted by molar-refractivity contribution is 7.92. The van der Waals surface area contributed by atoms with Gasteiger partial charge in [0.05, 0.1) is 5.75 Å². The molecule has 1 aromatic rings. The number of sulfonamides is 1. The van der Waals surface area contributed by atoms with Gasteiger partial charge in [-0.25, -0.2) is 8.42 Å². The Morgan fingerprint density at radius 1 is 1.35 bits per heavy atom. The van der Waals surface area contributed by atoms with E-state index >= 15 is 0 Å². The average Bonchev–Trinajstić information content (AvgIpc) is 2.75. The first-order valence-electron chi connectivity index (χ1n) is 6.98. The summed E-state index contributed by atoms with van der Waals surface area (Å²) in [4.78, 5) is 0. The fourth-order valence-electron chi connectivity index (χ4n) is 2.26. The third-order valence-electron chi connectivity index (χ3n) is 3.21. The Balaban J connectivity index is 1.91. The van der Waals surface area contributed by atoms with Gasteiger partial charge >= 0.3 is 0 Å². The number of nitrogens with one attached hydrogen (secondary N) is 2. The van der Waals surface area contributed by atoms with Gasteiger partial charge < -0.3 is 5.32 Å². The van der Waals surface area contributed by atoms with Crippen molar-refractivity contribution in [3.63, 3.8) is 0 Å². The van der Waals surface area contributed by atoms with Crippen molar-refractivity contribution in [2.75, 3.05) is 23.6 Å². The van der Waals surface area contributed by atoms with Crippen LogP contribution in [0.15, 0.2) is 0 Å². The molecule has 2 rings (SSSR count). The van der Waals surface area contributed by atoms with Crippen molar-refractivity contribution < 1.29 is 8.42 Å². The van der Waals surface area contributed by atoms with Crippen LogP contribution in [-0.4, -0.2) is 37.5 Å². The van der Waals surface area contributed by atoms with E-state index in [1.54, 1.807) is 0 Å². The molecule has 1 aliphatic rings. The van der Waals surface area contributed by atoms with Gasteiger partial charge in [-0.15, -0.1) is 10.2 Å². The molecule has 0 aliphatic carbocycles. The van der Waals surface area contributed by atoms with Crippen LogP contribution in [0.25, 0.3) is 0 Å². The van der Waals surface area contributed by atoms with Crippen molar-refractivity contribution in [2.45, 2.75) is 33.1 Å². The second-order valence-electron chi connectivity index (χ2n) is 5.68.